The fourth-order valence-electron chi connectivity index (χ4n) is 2.75. The van der Waals surface area contributed by atoms with Gasteiger partial charge >= 0.3 is 0 Å². The molecule has 1 saturated heterocycles. The maximum Gasteiger partial charge on any atom is 0.254 e. The minimum atomic E-state index is -0.00744. The lowest BCUT2D eigenvalue weighted by molar-refractivity contribution is 0.0946. The predicted octanol–water partition coefficient (Wildman–Crippen LogP) is 2.68. The van der Waals surface area contributed by atoms with Crippen LogP contribution >= 0.6 is 0 Å². The molecule has 1 aliphatic heterocycles. The zero-order chi connectivity index (χ0) is 15.1. The van der Waals surface area contributed by atoms with Gasteiger partial charge in [0.15, 0.2) is 0 Å². The summed E-state index contributed by atoms with van der Waals surface area (Å²) >= 11 is 0. The molecule has 21 heavy (non-hydrogen) atoms. The normalized spacial score (nSPS) is 18.1. The van der Waals surface area contributed by atoms with Gasteiger partial charge in [0.1, 0.15) is 0 Å². The van der Waals surface area contributed by atoms with Crippen molar-refractivity contribution in [2.45, 2.75) is 65.0 Å². The van der Waals surface area contributed by atoms with Crippen molar-refractivity contribution in [3.05, 3.63) is 17.5 Å². The Morgan fingerprint density at radius 2 is 2.38 bits per heavy atom. The molecule has 0 aliphatic carbocycles. The van der Waals surface area contributed by atoms with Gasteiger partial charge in [-0.15, -0.1) is 0 Å². The third-order valence-electron chi connectivity index (χ3n) is 3.91. The second-order valence-electron chi connectivity index (χ2n) is 5.78. The standard InChI is InChI=1S/C16H27N3O2/c1-3-10-19-12-15(13(2)18-19)16(20)17-9-5-4-7-14-8-6-11-21-14/h12,14H,3-11H2,1-2H3,(H,17,20)/t14-/m0/s1. The smallest absolute Gasteiger partial charge is 0.254 e. The Kier molecular flexibility index (Phi) is 6.23. The van der Waals surface area contributed by atoms with E-state index in [1.807, 2.05) is 17.8 Å². The first-order chi connectivity index (χ1) is 10.2. The van der Waals surface area contributed by atoms with E-state index >= 15 is 0 Å². The number of ether oxygens (including phenoxy) is 1. The van der Waals surface area contributed by atoms with Gasteiger partial charge in [-0.3, -0.25) is 9.48 Å². The van der Waals surface area contributed by atoms with Gasteiger partial charge in [0, 0.05) is 25.9 Å². The molecule has 1 aromatic heterocycles. The second kappa shape index (κ2) is 8.17. The Morgan fingerprint density at radius 1 is 1.52 bits per heavy atom. The summed E-state index contributed by atoms with van der Waals surface area (Å²) in [6, 6.07) is 0. The molecule has 5 heteroatoms. The van der Waals surface area contributed by atoms with Crippen LogP contribution in [0.25, 0.3) is 0 Å². The lowest BCUT2D eigenvalue weighted by Gasteiger charge is -2.09. The molecule has 1 atom stereocenters. The summed E-state index contributed by atoms with van der Waals surface area (Å²) < 4.78 is 7.44. The maximum absolute atomic E-state index is 12.1. The van der Waals surface area contributed by atoms with E-state index in [1.165, 1.54) is 12.8 Å². The second-order valence-corrected chi connectivity index (χ2v) is 5.78. The number of nitrogens with one attached hydrogen (secondary N) is 1. The van der Waals surface area contributed by atoms with E-state index in [1.54, 1.807) is 0 Å². The highest BCUT2D eigenvalue weighted by molar-refractivity contribution is 5.94. The van der Waals surface area contributed by atoms with Crippen LogP contribution in [0.15, 0.2) is 6.20 Å². The van der Waals surface area contributed by atoms with Crippen molar-refractivity contribution in [3.63, 3.8) is 0 Å². The van der Waals surface area contributed by atoms with Crippen molar-refractivity contribution in [1.82, 2.24) is 15.1 Å². The van der Waals surface area contributed by atoms with E-state index in [9.17, 15) is 4.79 Å². The summed E-state index contributed by atoms with van der Waals surface area (Å²) in [6.45, 7) is 6.49. The number of carbonyl (C=O) groups is 1. The van der Waals surface area contributed by atoms with Crippen LogP contribution in [0.1, 0.15) is 61.5 Å². The molecule has 5 nitrogen and oxygen atoms in total. The van der Waals surface area contributed by atoms with Gasteiger partial charge in [-0.25, -0.2) is 0 Å². The van der Waals surface area contributed by atoms with Crippen molar-refractivity contribution in [2.24, 2.45) is 0 Å². The molecule has 2 heterocycles. The lowest BCUT2D eigenvalue weighted by atomic mass is 10.1. The van der Waals surface area contributed by atoms with Crippen LogP contribution in [-0.2, 0) is 11.3 Å². The van der Waals surface area contributed by atoms with E-state index in [-0.39, 0.29) is 5.91 Å². The lowest BCUT2D eigenvalue weighted by Crippen LogP contribution is -2.25. The largest absolute Gasteiger partial charge is 0.378 e. The predicted molar refractivity (Wildman–Crippen MR) is 82.4 cm³/mol. The molecule has 1 amide bonds. The average Bonchev–Trinajstić information content (AvgIpc) is 3.08. The zero-order valence-corrected chi connectivity index (χ0v) is 13.2. The van der Waals surface area contributed by atoms with Crippen LogP contribution in [0, 0.1) is 6.92 Å². The maximum atomic E-state index is 12.1. The Balaban J connectivity index is 1.66. The van der Waals surface area contributed by atoms with Gasteiger partial charge in [-0.1, -0.05) is 6.92 Å². The number of carbonyl (C=O) groups excluding carboxylic acids is 1. The Labute approximate surface area is 127 Å². The van der Waals surface area contributed by atoms with Crippen LogP contribution in [0.3, 0.4) is 0 Å². The molecule has 0 saturated carbocycles. The van der Waals surface area contributed by atoms with Gasteiger partial charge in [0.25, 0.3) is 5.91 Å². The first-order valence-electron chi connectivity index (χ1n) is 8.14. The molecule has 1 fully saturated rings. The highest BCUT2D eigenvalue weighted by atomic mass is 16.5. The summed E-state index contributed by atoms with van der Waals surface area (Å²) in [4.78, 5) is 12.1. The van der Waals surface area contributed by atoms with Gasteiger partial charge in [-0.05, 0) is 45.4 Å². The minimum Gasteiger partial charge on any atom is -0.378 e. The fourth-order valence-corrected chi connectivity index (χ4v) is 2.75. The molecule has 0 radical (unpaired) electrons. The molecule has 1 aliphatic rings. The van der Waals surface area contributed by atoms with Crippen LogP contribution in [-0.4, -0.2) is 34.9 Å². The third-order valence-corrected chi connectivity index (χ3v) is 3.91. The molecule has 0 aromatic carbocycles. The van der Waals surface area contributed by atoms with Crippen molar-refractivity contribution in [2.75, 3.05) is 13.2 Å². The highest BCUT2D eigenvalue weighted by Crippen LogP contribution is 2.17. The van der Waals surface area contributed by atoms with Crippen molar-refractivity contribution in [3.8, 4) is 0 Å². The molecule has 0 bridgehead atoms. The Bertz CT molecular complexity index is 450. The molecular weight excluding hydrogens is 266 g/mol. The topological polar surface area (TPSA) is 56.2 Å². The van der Waals surface area contributed by atoms with Crippen molar-refractivity contribution < 1.29 is 9.53 Å². The summed E-state index contributed by atoms with van der Waals surface area (Å²) in [6.07, 6.45) is 8.95. The summed E-state index contributed by atoms with van der Waals surface area (Å²) in [5, 5.41) is 7.34. The number of amides is 1. The molecule has 118 valence electrons. The number of hydrogen-bond donors (Lipinski definition) is 1. The first-order valence-corrected chi connectivity index (χ1v) is 8.14. The highest BCUT2D eigenvalue weighted by Gasteiger charge is 2.15. The number of aryl methyl sites for hydroxylation is 2. The quantitative estimate of drug-likeness (QED) is 0.750. The number of nitrogens with zero attached hydrogens (tertiary/aromatic N) is 2. The zero-order valence-electron chi connectivity index (χ0n) is 13.2. The number of unbranched alkanes of at least 4 members (excludes halogenated alkanes) is 1. The summed E-state index contributed by atoms with van der Waals surface area (Å²) in [5.41, 5.74) is 1.50. The Hall–Kier alpha value is -1.36. The number of hydrogen-bond acceptors (Lipinski definition) is 3. The first kappa shape index (κ1) is 16.0. The van der Waals surface area contributed by atoms with E-state index in [0.29, 0.717) is 11.7 Å². The molecule has 2 rings (SSSR count). The molecule has 0 unspecified atom stereocenters. The van der Waals surface area contributed by atoms with Crippen LogP contribution < -0.4 is 5.32 Å². The monoisotopic (exact) mass is 293 g/mol. The van der Waals surface area contributed by atoms with Crippen LogP contribution in [0.4, 0.5) is 0 Å². The number of aromatic nitrogens is 2. The third kappa shape index (κ3) is 4.84. The summed E-state index contributed by atoms with van der Waals surface area (Å²) in [5.74, 6) is -0.00744. The van der Waals surface area contributed by atoms with Gasteiger partial charge in [-0.2, -0.15) is 5.10 Å². The molecular formula is C16H27N3O2. The average molecular weight is 293 g/mol. The molecule has 1 aromatic rings. The molecule has 0 spiro atoms. The Morgan fingerprint density at radius 3 is 3.10 bits per heavy atom. The SMILES string of the molecule is CCCn1cc(C(=O)NCCCC[C@H]2CCCO2)c(C)n1. The van der Waals surface area contributed by atoms with E-state index in [2.05, 4.69) is 17.3 Å². The van der Waals surface area contributed by atoms with Crippen molar-refractivity contribution >= 4 is 5.91 Å². The minimum absolute atomic E-state index is 0.00744. The van der Waals surface area contributed by atoms with Crippen LogP contribution in [0.2, 0.25) is 0 Å². The van der Waals surface area contributed by atoms with Gasteiger partial charge < -0.3 is 10.1 Å². The van der Waals surface area contributed by atoms with E-state index in [4.69, 9.17) is 4.74 Å². The fraction of sp³-hybridized carbons (Fsp3) is 0.750. The van der Waals surface area contributed by atoms with Gasteiger partial charge in [0.2, 0.25) is 0 Å². The van der Waals surface area contributed by atoms with Crippen molar-refractivity contribution in [1.29, 1.82) is 0 Å². The summed E-state index contributed by atoms with van der Waals surface area (Å²) in [7, 11) is 0. The number of rotatable bonds is 8. The molecule has 1 N–H and O–H groups in total. The van der Waals surface area contributed by atoms with E-state index in [0.717, 1.165) is 51.1 Å². The van der Waals surface area contributed by atoms with Gasteiger partial charge in [0.05, 0.1) is 17.4 Å². The van der Waals surface area contributed by atoms with E-state index < -0.39 is 0 Å². The van der Waals surface area contributed by atoms with Crippen LogP contribution in [0.5, 0.6) is 0 Å².